The minimum Gasteiger partial charge on any atom is -0.497 e. The Labute approximate surface area is 155 Å². The highest BCUT2D eigenvalue weighted by atomic mass is 16.5. The number of nitrogens with one attached hydrogen (secondary N) is 1. The fourth-order valence-corrected chi connectivity index (χ4v) is 4.23. The Kier molecular flexibility index (Phi) is 4.97. The molecule has 0 unspecified atom stereocenters. The van der Waals surface area contributed by atoms with E-state index < -0.39 is 5.97 Å². The van der Waals surface area contributed by atoms with Crippen LogP contribution in [0.5, 0.6) is 5.75 Å². The molecular weight excluding hydrogens is 332 g/mol. The van der Waals surface area contributed by atoms with Crippen LogP contribution in [-0.4, -0.2) is 55.8 Å². The molecule has 1 aromatic carbocycles. The first-order chi connectivity index (χ1) is 12.4. The van der Waals surface area contributed by atoms with Crippen molar-refractivity contribution in [2.75, 3.05) is 39.2 Å². The molecule has 0 bridgehead atoms. The zero-order valence-corrected chi connectivity index (χ0v) is 16.2. The van der Waals surface area contributed by atoms with E-state index in [1.165, 1.54) is 12.8 Å². The third-order valence-corrected chi connectivity index (χ3v) is 6.01. The number of methoxy groups -OCH3 is 1. The number of carbonyl (C=O) groups excluding carboxylic acids is 2. The van der Waals surface area contributed by atoms with Gasteiger partial charge < -0.3 is 19.3 Å². The molecule has 6 heteroatoms. The standard InChI is InChI=1S/C20H28N2O4/c1-5-26-18(23)16-13-15(25-4)12-14(2)17(16)21-19(24)20(8-9-20)22(3)10-6-7-11-22/h12-13H,5-11H2,1-4H3/p+1. The van der Waals surface area contributed by atoms with E-state index in [9.17, 15) is 9.59 Å². The molecule has 2 fully saturated rings. The third kappa shape index (κ3) is 3.07. The van der Waals surface area contributed by atoms with Crippen LogP contribution in [0.3, 0.4) is 0 Å². The number of hydrogen-bond donors (Lipinski definition) is 1. The molecular formula is C20H29N2O4+. The Morgan fingerprint density at radius 3 is 2.42 bits per heavy atom. The summed E-state index contributed by atoms with van der Waals surface area (Å²) in [4.78, 5) is 25.6. The van der Waals surface area contributed by atoms with Crippen LogP contribution >= 0.6 is 0 Å². The van der Waals surface area contributed by atoms with E-state index in [0.717, 1.165) is 36.0 Å². The van der Waals surface area contributed by atoms with Crippen molar-refractivity contribution in [1.29, 1.82) is 0 Å². The molecule has 1 heterocycles. The van der Waals surface area contributed by atoms with E-state index in [4.69, 9.17) is 9.47 Å². The molecule has 1 aliphatic heterocycles. The summed E-state index contributed by atoms with van der Waals surface area (Å²) >= 11 is 0. The summed E-state index contributed by atoms with van der Waals surface area (Å²) in [6.07, 6.45) is 4.14. The molecule has 1 saturated carbocycles. The van der Waals surface area contributed by atoms with Crippen LogP contribution in [0.4, 0.5) is 5.69 Å². The lowest BCUT2D eigenvalue weighted by Crippen LogP contribution is -2.57. The van der Waals surface area contributed by atoms with Gasteiger partial charge in [0.2, 0.25) is 0 Å². The average Bonchev–Trinajstić information content (AvgIpc) is 3.33. The smallest absolute Gasteiger partial charge is 0.340 e. The molecule has 1 saturated heterocycles. The first-order valence-corrected chi connectivity index (χ1v) is 9.39. The number of esters is 1. The average molecular weight is 361 g/mol. The predicted octanol–water partition coefficient (Wildman–Crippen LogP) is 2.89. The highest BCUT2D eigenvalue weighted by Crippen LogP contribution is 2.49. The monoisotopic (exact) mass is 361 g/mol. The Morgan fingerprint density at radius 2 is 1.88 bits per heavy atom. The van der Waals surface area contributed by atoms with Gasteiger partial charge in [-0.25, -0.2) is 4.79 Å². The Balaban J connectivity index is 1.91. The molecule has 0 radical (unpaired) electrons. The first-order valence-electron chi connectivity index (χ1n) is 9.39. The lowest BCUT2D eigenvalue weighted by atomic mass is 10.1. The topological polar surface area (TPSA) is 64.6 Å². The Morgan fingerprint density at radius 1 is 1.23 bits per heavy atom. The van der Waals surface area contributed by atoms with Gasteiger partial charge in [0, 0.05) is 25.7 Å². The second kappa shape index (κ2) is 6.91. The van der Waals surface area contributed by atoms with E-state index in [1.807, 2.05) is 13.0 Å². The molecule has 26 heavy (non-hydrogen) atoms. The maximum absolute atomic E-state index is 13.2. The number of nitrogens with zero attached hydrogens (tertiary/aromatic N) is 1. The molecule has 1 aliphatic carbocycles. The number of amides is 1. The van der Waals surface area contributed by atoms with Crippen LogP contribution in [0, 0.1) is 6.92 Å². The Hall–Kier alpha value is -2.08. The van der Waals surface area contributed by atoms with E-state index >= 15 is 0 Å². The summed E-state index contributed by atoms with van der Waals surface area (Å²) in [5.41, 5.74) is 1.32. The Bertz CT molecular complexity index is 719. The zero-order chi connectivity index (χ0) is 18.9. The summed E-state index contributed by atoms with van der Waals surface area (Å²) in [7, 11) is 3.74. The maximum Gasteiger partial charge on any atom is 0.340 e. The summed E-state index contributed by atoms with van der Waals surface area (Å²) < 4.78 is 11.3. The molecule has 6 nitrogen and oxygen atoms in total. The van der Waals surface area contributed by atoms with Crippen LogP contribution < -0.4 is 10.1 Å². The lowest BCUT2D eigenvalue weighted by Gasteiger charge is -2.37. The van der Waals surface area contributed by atoms with Gasteiger partial charge in [-0.05, 0) is 31.5 Å². The predicted molar refractivity (Wildman–Crippen MR) is 99.4 cm³/mol. The van der Waals surface area contributed by atoms with E-state index in [0.29, 0.717) is 17.0 Å². The van der Waals surface area contributed by atoms with Crippen molar-refractivity contribution in [3.8, 4) is 5.75 Å². The van der Waals surface area contributed by atoms with Gasteiger partial charge in [-0.1, -0.05) is 0 Å². The number of likely N-dealkylation sites (tertiary alicyclic amines) is 1. The molecule has 3 rings (SSSR count). The van der Waals surface area contributed by atoms with Crippen molar-refractivity contribution in [2.24, 2.45) is 0 Å². The SMILES string of the molecule is CCOC(=O)c1cc(OC)cc(C)c1NC(=O)C1([N+]2(C)CCCC2)CC1. The number of anilines is 1. The van der Waals surface area contributed by atoms with Gasteiger partial charge in [-0.15, -0.1) is 0 Å². The zero-order valence-electron chi connectivity index (χ0n) is 16.2. The van der Waals surface area contributed by atoms with Gasteiger partial charge in [0.1, 0.15) is 5.75 Å². The summed E-state index contributed by atoms with van der Waals surface area (Å²) in [5.74, 6) is 0.139. The second-order valence-corrected chi connectivity index (χ2v) is 7.62. The number of benzene rings is 1. The van der Waals surface area contributed by atoms with Crippen molar-refractivity contribution < 1.29 is 23.5 Å². The number of carbonyl (C=O) groups is 2. The molecule has 0 aromatic heterocycles. The van der Waals surface area contributed by atoms with Gasteiger partial charge in [0.25, 0.3) is 5.91 Å². The molecule has 142 valence electrons. The fraction of sp³-hybridized carbons (Fsp3) is 0.600. The normalized spacial score (nSPS) is 19.7. The van der Waals surface area contributed by atoms with Gasteiger partial charge in [-0.3, -0.25) is 4.79 Å². The molecule has 0 spiro atoms. The van der Waals surface area contributed by atoms with Gasteiger partial charge in [0.05, 0.1) is 45.1 Å². The van der Waals surface area contributed by atoms with Crippen LogP contribution in [-0.2, 0) is 9.53 Å². The van der Waals surface area contributed by atoms with Crippen molar-refractivity contribution in [3.63, 3.8) is 0 Å². The fourth-order valence-electron chi connectivity index (χ4n) is 4.23. The molecule has 1 amide bonds. The van der Waals surface area contributed by atoms with E-state index in [2.05, 4.69) is 12.4 Å². The molecule has 1 N–H and O–H groups in total. The summed E-state index contributed by atoms with van der Waals surface area (Å²) in [6.45, 7) is 5.99. The van der Waals surface area contributed by atoms with Crippen LogP contribution in [0.25, 0.3) is 0 Å². The van der Waals surface area contributed by atoms with Crippen molar-refractivity contribution in [3.05, 3.63) is 23.3 Å². The number of likely N-dealkylation sites (N-methyl/N-ethyl adjacent to an activating group) is 1. The van der Waals surface area contributed by atoms with E-state index in [1.54, 1.807) is 20.1 Å². The van der Waals surface area contributed by atoms with Gasteiger partial charge in [0.15, 0.2) is 5.54 Å². The van der Waals surface area contributed by atoms with Crippen LogP contribution in [0.1, 0.15) is 48.5 Å². The van der Waals surface area contributed by atoms with Gasteiger partial charge >= 0.3 is 5.97 Å². The number of aryl methyl sites for hydroxylation is 1. The minimum absolute atomic E-state index is 0.0146. The number of rotatable bonds is 6. The number of ether oxygens (including phenoxy) is 2. The van der Waals surface area contributed by atoms with Crippen molar-refractivity contribution in [1.82, 2.24) is 0 Å². The summed E-state index contributed by atoms with van der Waals surface area (Å²) in [5, 5.41) is 3.06. The largest absolute Gasteiger partial charge is 0.497 e. The molecule has 0 atom stereocenters. The highest BCUT2D eigenvalue weighted by Gasteiger charge is 2.64. The van der Waals surface area contributed by atoms with Crippen molar-refractivity contribution in [2.45, 2.75) is 45.1 Å². The minimum atomic E-state index is -0.448. The van der Waals surface area contributed by atoms with Crippen LogP contribution in [0.2, 0.25) is 0 Å². The molecule has 1 aromatic rings. The van der Waals surface area contributed by atoms with Gasteiger partial charge in [-0.2, -0.15) is 0 Å². The van der Waals surface area contributed by atoms with E-state index in [-0.39, 0.29) is 18.1 Å². The quantitative estimate of drug-likeness (QED) is 0.625. The second-order valence-electron chi connectivity index (χ2n) is 7.62. The molecule has 2 aliphatic rings. The maximum atomic E-state index is 13.2. The van der Waals surface area contributed by atoms with Crippen molar-refractivity contribution >= 4 is 17.6 Å². The number of quaternary nitrogens is 1. The summed E-state index contributed by atoms with van der Waals surface area (Å²) in [6, 6.07) is 3.45. The number of hydrogen-bond acceptors (Lipinski definition) is 4. The van der Waals surface area contributed by atoms with Crippen LogP contribution in [0.15, 0.2) is 12.1 Å². The lowest BCUT2D eigenvalue weighted by molar-refractivity contribution is -0.923. The first kappa shape index (κ1) is 18.7. The highest BCUT2D eigenvalue weighted by molar-refractivity contribution is 6.06. The third-order valence-electron chi connectivity index (χ3n) is 6.01.